The molecule has 1 aromatic heterocycles. The number of pyridine rings is 1. The van der Waals surface area contributed by atoms with Crippen molar-refractivity contribution in [3.05, 3.63) is 63.4 Å². The van der Waals surface area contributed by atoms with Crippen molar-refractivity contribution in [2.45, 2.75) is 69.9 Å². The lowest BCUT2D eigenvalue weighted by Crippen LogP contribution is -2.11. The highest BCUT2D eigenvalue weighted by Gasteiger charge is 2.34. The van der Waals surface area contributed by atoms with Crippen molar-refractivity contribution < 1.29 is 23.1 Å². The molecular weight excluding hydrogens is 415 g/mol. The molecule has 0 radical (unpaired) electrons. The molecule has 7 heteroatoms. The van der Waals surface area contributed by atoms with E-state index in [1.54, 1.807) is 0 Å². The van der Waals surface area contributed by atoms with Gasteiger partial charge < -0.3 is 5.11 Å². The number of carbonyl (C=O) groups is 1. The number of aromatic nitrogens is 1. The standard InChI is InChI=1S/C23H25ClF3NO2/c24-20-12-10-17(13-19(20)23(25,26)27)16(14-22(29)30)6-1-3-7-18-11-9-15-5-2-4-8-21(15)28-18/h9-13,16H,1-8,14H2,(H,29,30). The Hall–Kier alpha value is -2.08. The third-order valence-corrected chi connectivity index (χ3v) is 5.99. The number of carboxylic acids is 1. The molecule has 3 nitrogen and oxygen atoms in total. The minimum atomic E-state index is -4.57. The van der Waals surface area contributed by atoms with Crippen LogP contribution in [0.1, 0.15) is 72.5 Å². The molecule has 162 valence electrons. The molecule has 0 fully saturated rings. The van der Waals surface area contributed by atoms with Gasteiger partial charge in [0.15, 0.2) is 0 Å². The number of alkyl halides is 3. The van der Waals surface area contributed by atoms with E-state index in [-0.39, 0.29) is 11.4 Å². The Morgan fingerprint density at radius 3 is 2.63 bits per heavy atom. The van der Waals surface area contributed by atoms with Crippen LogP contribution in [0.3, 0.4) is 0 Å². The van der Waals surface area contributed by atoms with Crippen molar-refractivity contribution in [2.75, 3.05) is 0 Å². The fourth-order valence-corrected chi connectivity index (χ4v) is 4.30. The van der Waals surface area contributed by atoms with E-state index in [1.807, 2.05) is 6.07 Å². The predicted molar refractivity (Wildman–Crippen MR) is 110 cm³/mol. The molecule has 1 aromatic carbocycles. The number of carboxylic acid groups (broad SMARTS) is 1. The smallest absolute Gasteiger partial charge is 0.417 e. The van der Waals surface area contributed by atoms with Crippen molar-refractivity contribution in [1.82, 2.24) is 4.98 Å². The van der Waals surface area contributed by atoms with Gasteiger partial charge in [0.05, 0.1) is 17.0 Å². The molecule has 0 saturated carbocycles. The van der Waals surface area contributed by atoms with Gasteiger partial charge >= 0.3 is 12.1 Å². The van der Waals surface area contributed by atoms with Gasteiger partial charge in [0.25, 0.3) is 0 Å². The van der Waals surface area contributed by atoms with Crippen LogP contribution >= 0.6 is 11.6 Å². The van der Waals surface area contributed by atoms with Crippen molar-refractivity contribution in [3.63, 3.8) is 0 Å². The summed E-state index contributed by atoms with van der Waals surface area (Å²) in [5.41, 5.74) is 2.98. The summed E-state index contributed by atoms with van der Waals surface area (Å²) in [6.45, 7) is 0. The van der Waals surface area contributed by atoms with Gasteiger partial charge in [0.2, 0.25) is 0 Å². The number of aryl methyl sites for hydroxylation is 3. The van der Waals surface area contributed by atoms with Crippen LogP contribution in [0.15, 0.2) is 30.3 Å². The van der Waals surface area contributed by atoms with Gasteiger partial charge in [0.1, 0.15) is 0 Å². The van der Waals surface area contributed by atoms with E-state index in [0.29, 0.717) is 18.4 Å². The normalized spacial score (nSPS) is 14.9. The number of rotatable bonds is 8. The zero-order valence-corrected chi connectivity index (χ0v) is 17.4. The molecule has 0 aliphatic heterocycles. The maximum atomic E-state index is 13.2. The molecule has 1 atom stereocenters. The molecule has 3 rings (SSSR count). The molecule has 1 aliphatic carbocycles. The van der Waals surface area contributed by atoms with E-state index in [2.05, 4.69) is 6.07 Å². The van der Waals surface area contributed by atoms with E-state index in [1.165, 1.54) is 36.2 Å². The monoisotopic (exact) mass is 439 g/mol. The van der Waals surface area contributed by atoms with Gasteiger partial charge in [-0.15, -0.1) is 0 Å². The summed E-state index contributed by atoms with van der Waals surface area (Å²) in [5.74, 6) is -1.52. The van der Waals surface area contributed by atoms with E-state index >= 15 is 0 Å². The Labute approximate surface area is 179 Å². The van der Waals surface area contributed by atoms with E-state index < -0.39 is 23.6 Å². The van der Waals surface area contributed by atoms with Gasteiger partial charge in [-0.1, -0.05) is 30.2 Å². The first kappa shape index (κ1) is 22.6. The predicted octanol–water partition coefficient (Wildman–Crippen LogP) is 6.60. The third kappa shape index (κ3) is 5.97. The molecule has 1 heterocycles. The van der Waals surface area contributed by atoms with E-state index in [9.17, 15) is 23.1 Å². The van der Waals surface area contributed by atoms with E-state index in [4.69, 9.17) is 16.6 Å². The SMILES string of the molecule is O=C(O)CC(CCCCc1ccc2c(n1)CCCC2)c1ccc(Cl)c(C(F)(F)F)c1. The molecular formula is C23H25ClF3NO2. The lowest BCUT2D eigenvalue weighted by atomic mass is 9.89. The lowest BCUT2D eigenvalue weighted by molar-refractivity contribution is -0.138. The molecule has 1 N–H and O–H groups in total. The first-order valence-corrected chi connectivity index (χ1v) is 10.7. The summed E-state index contributed by atoms with van der Waals surface area (Å²) in [5, 5.41) is 8.84. The lowest BCUT2D eigenvalue weighted by Gasteiger charge is -2.18. The Bertz CT molecular complexity index is 899. The van der Waals surface area contributed by atoms with Crippen LogP contribution in [0.25, 0.3) is 0 Å². The number of aliphatic carboxylic acids is 1. The first-order chi connectivity index (χ1) is 14.2. The highest BCUT2D eigenvalue weighted by Crippen LogP contribution is 2.38. The highest BCUT2D eigenvalue weighted by atomic mass is 35.5. The largest absolute Gasteiger partial charge is 0.481 e. The number of hydrogen-bond donors (Lipinski definition) is 1. The number of nitrogens with zero attached hydrogens (tertiary/aromatic N) is 1. The van der Waals surface area contributed by atoms with Crippen LogP contribution in [0.5, 0.6) is 0 Å². The molecule has 1 unspecified atom stereocenters. The second-order valence-electron chi connectivity index (χ2n) is 7.89. The van der Waals surface area contributed by atoms with Gasteiger partial charge in [-0.05, 0) is 80.2 Å². The number of unbranched alkanes of at least 4 members (excludes halogenated alkanes) is 1. The second kappa shape index (κ2) is 9.82. The Balaban J connectivity index is 1.62. The van der Waals surface area contributed by atoms with Gasteiger partial charge in [-0.3, -0.25) is 9.78 Å². The molecule has 0 amide bonds. The minimum Gasteiger partial charge on any atom is -0.481 e. The summed E-state index contributed by atoms with van der Waals surface area (Å²) >= 11 is 5.69. The van der Waals surface area contributed by atoms with Crippen LogP contribution in [-0.4, -0.2) is 16.1 Å². The van der Waals surface area contributed by atoms with Crippen molar-refractivity contribution in [2.24, 2.45) is 0 Å². The Morgan fingerprint density at radius 2 is 1.90 bits per heavy atom. The van der Waals surface area contributed by atoms with E-state index in [0.717, 1.165) is 37.4 Å². The highest BCUT2D eigenvalue weighted by molar-refractivity contribution is 6.31. The first-order valence-electron chi connectivity index (χ1n) is 10.3. The number of benzene rings is 1. The van der Waals surface area contributed by atoms with Crippen LogP contribution < -0.4 is 0 Å². The van der Waals surface area contributed by atoms with Gasteiger partial charge in [-0.25, -0.2) is 0 Å². The maximum Gasteiger partial charge on any atom is 0.417 e. The molecule has 30 heavy (non-hydrogen) atoms. The number of fused-ring (bicyclic) bond motifs is 1. The molecule has 0 spiro atoms. The summed E-state index contributed by atoms with van der Waals surface area (Å²) in [4.78, 5) is 16.0. The average molecular weight is 440 g/mol. The van der Waals surface area contributed by atoms with Gasteiger partial charge in [-0.2, -0.15) is 13.2 Å². The topological polar surface area (TPSA) is 50.2 Å². The maximum absolute atomic E-state index is 13.2. The van der Waals surface area contributed by atoms with Crippen LogP contribution in [0.2, 0.25) is 5.02 Å². The van der Waals surface area contributed by atoms with Crippen LogP contribution in [0.4, 0.5) is 13.2 Å². The number of hydrogen-bond acceptors (Lipinski definition) is 2. The zero-order valence-electron chi connectivity index (χ0n) is 16.6. The van der Waals surface area contributed by atoms with Crippen molar-refractivity contribution in [3.8, 4) is 0 Å². The minimum absolute atomic E-state index is 0.212. The summed E-state index contributed by atoms with van der Waals surface area (Å²) in [7, 11) is 0. The fourth-order valence-electron chi connectivity index (χ4n) is 4.07. The molecule has 0 saturated heterocycles. The Morgan fingerprint density at radius 1 is 1.13 bits per heavy atom. The summed E-state index contributed by atoms with van der Waals surface area (Å²) in [6, 6.07) is 7.88. The second-order valence-corrected chi connectivity index (χ2v) is 8.30. The molecule has 1 aliphatic rings. The third-order valence-electron chi connectivity index (χ3n) is 5.66. The molecule has 2 aromatic rings. The number of halogens is 4. The Kier molecular flexibility index (Phi) is 7.40. The fraction of sp³-hybridized carbons (Fsp3) is 0.478. The average Bonchev–Trinajstić information content (AvgIpc) is 2.69. The summed E-state index contributed by atoms with van der Waals surface area (Å²) in [6.07, 6.45) is 2.48. The van der Waals surface area contributed by atoms with Crippen molar-refractivity contribution in [1.29, 1.82) is 0 Å². The zero-order chi connectivity index (χ0) is 21.7. The summed E-state index contributed by atoms with van der Waals surface area (Å²) < 4.78 is 39.5. The molecule has 0 bridgehead atoms. The quantitative estimate of drug-likeness (QED) is 0.471. The van der Waals surface area contributed by atoms with Gasteiger partial charge in [0, 0.05) is 11.4 Å². The van der Waals surface area contributed by atoms with Crippen LogP contribution in [0, 0.1) is 0 Å². The van der Waals surface area contributed by atoms with Crippen molar-refractivity contribution >= 4 is 17.6 Å². The van der Waals surface area contributed by atoms with Crippen LogP contribution in [-0.2, 0) is 30.2 Å².